The molecule has 140 valence electrons. The molecule has 6 heteroatoms. The van der Waals surface area contributed by atoms with Gasteiger partial charge >= 0.3 is 0 Å². The van der Waals surface area contributed by atoms with Crippen molar-refractivity contribution in [2.24, 2.45) is 0 Å². The Morgan fingerprint density at radius 3 is 2.50 bits per heavy atom. The van der Waals surface area contributed by atoms with Gasteiger partial charge in [-0.25, -0.2) is 4.98 Å². The Balaban J connectivity index is 1.39. The number of ether oxygens (including phenoxy) is 1. The fourth-order valence-electron chi connectivity index (χ4n) is 3.14. The van der Waals surface area contributed by atoms with Gasteiger partial charge in [-0.15, -0.1) is 0 Å². The first-order valence-corrected chi connectivity index (χ1v) is 9.43. The number of halogens is 1. The van der Waals surface area contributed by atoms with Gasteiger partial charge in [-0.3, -0.25) is 4.90 Å². The molecule has 1 N–H and O–H groups in total. The third-order valence-electron chi connectivity index (χ3n) is 4.69. The summed E-state index contributed by atoms with van der Waals surface area (Å²) in [6.45, 7) is 6.62. The Hall–Kier alpha value is -1.66. The van der Waals surface area contributed by atoms with Gasteiger partial charge in [0.25, 0.3) is 0 Å². The molecular formula is C20H26ClN3O2. The molecule has 1 saturated heterocycles. The molecule has 1 aromatic carbocycles. The Morgan fingerprint density at radius 1 is 1.12 bits per heavy atom. The van der Waals surface area contributed by atoms with Crippen LogP contribution in [0.25, 0.3) is 0 Å². The number of rotatable bonds is 7. The van der Waals surface area contributed by atoms with Crippen LogP contribution in [0.15, 0.2) is 48.7 Å². The average Bonchev–Trinajstić information content (AvgIpc) is 2.68. The van der Waals surface area contributed by atoms with Crippen molar-refractivity contribution in [1.29, 1.82) is 0 Å². The summed E-state index contributed by atoms with van der Waals surface area (Å²) in [6, 6.07) is 13.6. The Kier molecular flexibility index (Phi) is 6.86. The highest BCUT2D eigenvalue weighted by atomic mass is 35.5. The second-order valence-electron chi connectivity index (χ2n) is 6.66. The molecule has 5 nitrogen and oxygen atoms in total. The third-order valence-corrected chi connectivity index (χ3v) is 4.94. The van der Waals surface area contributed by atoms with E-state index in [2.05, 4.69) is 14.8 Å². The van der Waals surface area contributed by atoms with Crippen molar-refractivity contribution in [2.45, 2.75) is 19.1 Å². The molecule has 2 heterocycles. The third kappa shape index (κ3) is 5.42. The van der Waals surface area contributed by atoms with Crippen LogP contribution in [0.3, 0.4) is 0 Å². The van der Waals surface area contributed by atoms with Crippen LogP contribution in [0, 0.1) is 0 Å². The molecular weight excluding hydrogens is 350 g/mol. The molecule has 0 spiro atoms. The lowest BCUT2D eigenvalue weighted by Gasteiger charge is -2.36. The van der Waals surface area contributed by atoms with Gasteiger partial charge in [0.05, 0.1) is 18.8 Å². The summed E-state index contributed by atoms with van der Waals surface area (Å²) >= 11 is 5.91. The average molecular weight is 376 g/mol. The minimum Gasteiger partial charge on any atom is -0.389 e. The van der Waals surface area contributed by atoms with Gasteiger partial charge in [-0.1, -0.05) is 29.8 Å². The summed E-state index contributed by atoms with van der Waals surface area (Å²) in [6.07, 6.45) is 1.26. The van der Waals surface area contributed by atoms with Crippen LogP contribution < -0.4 is 4.90 Å². The van der Waals surface area contributed by atoms with Crippen molar-refractivity contribution in [3.63, 3.8) is 0 Å². The van der Waals surface area contributed by atoms with Gasteiger partial charge in [0.1, 0.15) is 5.82 Å². The first-order valence-electron chi connectivity index (χ1n) is 9.05. The van der Waals surface area contributed by atoms with E-state index in [0.717, 1.165) is 37.6 Å². The monoisotopic (exact) mass is 375 g/mol. The van der Waals surface area contributed by atoms with Gasteiger partial charge in [0.15, 0.2) is 0 Å². The van der Waals surface area contributed by atoms with Crippen LogP contribution in [0.5, 0.6) is 0 Å². The highest BCUT2D eigenvalue weighted by Crippen LogP contribution is 2.19. The van der Waals surface area contributed by atoms with E-state index in [4.69, 9.17) is 16.3 Å². The number of aliphatic hydroxyl groups excluding tert-OH is 1. The van der Waals surface area contributed by atoms with Crippen molar-refractivity contribution >= 4 is 17.4 Å². The maximum atomic E-state index is 10.3. The number of aliphatic hydroxyl groups is 1. The largest absolute Gasteiger partial charge is 0.389 e. The van der Waals surface area contributed by atoms with Crippen LogP contribution in [-0.2, 0) is 4.74 Å². The molecule has 0 radical (unpaired) electrons. The highest BCUT2D eigenvalue weighted by molar-refractivity contribution is 6.30. The van der Waals surface area contributed by atoms with Gasteiger partial charge in [0, 0.05) is 43.9 Å². The SMILES string of the molecule is CC(OCC(O)CN1CCN(c2ccccn2)CC1)c1ccc(Cl)cc1. The van der Waals surface area contributed by atoms with Crippen molar-refractivity contribution in [3.05, 3.63) is 59.2 Å². The minimum absolute atomic E-state index is 0.0667. The van der Waals surface area contributed by atoms with E-state index in [1.54, 1.807) is 0 Å². The van der Waals surface area contributed by atoms with E-state index in [-0.39, 0.29) is 6.10 Å². The Labute approximate surface area is 160 Å². The number of hydrogen-bond acceptors (Lipinski definition) is 5. The molecule has 0 amide bonds. The van der Waals surface area contributed by atoms with E-state index in [1.165, 1.54) is 0 Å². The second kappa shape index (κ2) is 9.33. The quantitative estimate of drug-likeness (QED) is 0.806. The number of β-amino-alcohol motifs (C(OH)–C–C–N with tert-alkyl or cyclic N) is 1. The molecule has 2 unspecified atom stereocenters. The summed E-state index contributed by atoms with van der Waals surface area (Å²) in [5, 5.41) is 11.0. The molecule has 3 rings (SSSR count). The summed E-state index contributed by atoms with van der Waals surface area (Å²) < 4.78 is 5.82. The van der Waals surface area contributed by atoms with Gasteiger partial charge in [0.2, 0.25) is 0 Å². The normalized spacial score (nSPS) is 17.9. The Bertz CT molecular complexity index is 661. The van der Waals surface area contributed by atoms with Crippen molar-refractivity contribution in [3.8, 4) is 0 Å². The smallest absolute Gasteiger partial charge is 0.128 e. The molecule has 0 saturated carbocycles. The number of anilines is 1. The minimum atomic E-state index is -0.494. The molecule has 1 fully saturated rings. The molecule has 2 aromatic rings. The number of benzene rings is 1. The fraction of sp³-hybridized carbons (Fsp3) is 0.450. The zero-order valence-corrected chi connectivity index (χ0v) is 15.8. The molecule has 26 heavy (non-hydrogen) atoms. The Morgan fingerprint density at radius 2 is 1.85 bits per heavy atom. The van der Waals surface area contributed by atoms with E-state index in [0.29, 0.717) is 18.2 Å². The maximum absolute atomic E-state index is 10.3. The fourth-order valence-corrected chi connectivity index (χ4v) is 3.26. The predicted molar refractivity (Wildman–Crippen MR) is 105 cm³/mol. The summed E-state index contributed by atoms with van der Waals surface area (Å²) in [5.74, 6) is 1.02. The highest BCUT2D eigenvalue weighted by Gasteiger charge is 2.20. The lowest BCUT2D eigenvalue weighted by Crippen LogP contribution is -2.49. The zero-order chi connectivity index (χ0) is 18.4. The van der Waals surface area contributed by atoms with Gasteiger partial charge in [-0.05, 0) is 36.8 Å². The van der Waals surface area contributed by atoms with E-state index < -0.39 is 6.10 Å². The molecule has 0 aliphatic carbocycles. The first-order chi connectivity index (χ1) is 12.6. The van der Waals surface area contributed by atoms with Crippen LogP contribution in [0.1, 0.15) is 18.6 Å². The zero-order valence-electron chi connectivity index (χ0n) is 15.1. The van der Waals surface area contributed by atoms with Crippen molar-refractivity contribution < 1.29 is 9.84 Å². The standard InChI is InChI=1S/C20H26ClN3O2/c1-16(17-5-7-18(21)8-6-17)26-15-19(25)14-23-10-12-24(13-11-23)20-4-2-3-9-22-20/h2-9,16,19,25H,10-15H2,1H3. The van der Waals surface area contributed by atoms with Crippen molar-refractivity contribution in [1.82, 2.24) is 9.88 Å². The van der Waals surface area contributed by atoms with Crippen LogP contribution in [0.4, 0.5) is 5.82 Å². The molecule has 1 aliphatic rings. The number of aromatic nitrogens is 1. The van der Waals surface area contributed by atoms with Gasteiger partial charge < -0.3 is 14.7 Å². The molecule has 1 aliphatic heterocycles. The van der Waals surface area contributed by atoms with Crippen LogP contribution in [0.2, 0.25) is 5.02 Å². The van der Waals surface area contributed by atoms with E-state index in [9.17, 15) is 5.11 Å². The summed E-state index contributed by atoms with van der Waals surface area (Å²) in [7, 11) is 0. The lowest BCUT2D eigenvalue weighted by atomic mass is 10.1. The second-order valence-corrected chi connectivity index (χ2v) is 7.09. The summed E-state index contributed by atoms with van der Waals surface area (Å²) in [5.41, 5.74) is 1.06. The number of piperazine rings is 1. The molecule has 0 bridgehead atoms. The van der Waals surface area contributed by atoms with Gasteiger partial charge in [-0.2, -0.15) is 0 Å². The molecule has 1 aromatic heterocycles. The van der Waals surface area contributed by atoms with Crippen LogP contribution >= 0.6 is 11.6 Å². The van der Waals surface area contributed by atoms with Crippen molar-refractivity contribution in [2.75, 3.05) is 44.2 Å². The van der Waals surface area contributed by atoms with E-state index >= 15 is 0 Å². The maximum Gasteiger partial charge on any atom is 0.128 e. The molecule has 2 atom stereocenters. The summed E-state index contributed by atoms with van der Waals surface area (Å²) in [4.78, 5) is 8.96. The topological polar surface area (TPSA) is 48.8 Å². The number of pyridine rings is 1. The van der Waals surface area contributed by atoms with E-state index in [1.807, 2.05) is 55.6 Å². The number of nitrogens with zero attached hydrogens (tertiary/aromatic N) is 3. The number of hydrogen-bond donors (Lipinski definition) is 1. The lowest BCUT2D eigenvalue weighted by molar-refractivity contribution is -0.0162. The predicted octanol–water partition coefficient (Wildman–Crippen LogP) is 3.00. The van der Waals surface area contributed by atoms with Crippen LogP contribution in [-0.4, -0.2) is 60.4 Å². The first kappa shape index (κ1) is 19.1.